The van der Waals surface area contributed by atoms with Crippen LogP contribution in [0.5, 0.6) is 0 Å². The van der Waals surface area contributed by atoms with E-state index in [-0.39, 0.29) is 11.7 Å². The van der Waals surface area contributed by atoms with E-state index in [0.29, 0.717) is 31.1 Å². The monoisotopic (exact) mass is 293 g/mol. The molecule has 1 amide bonds. The third-order valence-corrected chi connectivity index (χ3v) is 4.06. The molecule has 0 saturated carbocycles. The van der Waals surface area contributed by atoms with Gasteiger partial charge in [-0.15, -0.1) is 0 Å². The zero-order valence-corrected chi connectivity index (χ0v) is 12.9. The molecular weight excluding hydrogens is 269 g/mol. The lowest BCUT2D eigenvalue weighted by Gasteiger charge is -2.16. The SMILES string of the molecule is CCOCCC(=O)N1CCC(Cc2ccc(C)c(F)c2)C1. The molecule has 0 N–H and O–H groups in total. The topological polar surface area (TPSA) is 29.5 Å². The second-order valence-corrected chi connectivity index (χ2v) is 5.73. The first-order valence-corrected chi connectivity index (χ1v) is 7.70. The van der Waals surface area contributed by atoms with E-state index in [2.05, 4.69) is 0 Å². The lowest BCUT2D eigenvalue weighted by Crippen LogP contribution is -2.29. The molecular formula is C17H24FNO2. The molecule has 0 aromatic heterocycles. The summed E-state index contributed by atoms with van der Waals surface area (Å²) in [6.07, 6.45) is 2.29. The molecule has 1 heterocycles. The van der Waals surface area contributed by atoms with Crippen molar-refractivity contribution in [1.29, 1.82) is 0 Å². The Hall–Kier alpha value is -1.42. The average molecular weight is 293 g/mol. The molecule has 0 aliphatic carbocycles. The molecule has 0 bridgehead atoms. The predicted octanol–water partition coefficient (Wildman–Crippen LogP) is 2.95. The quantitative estimate of drug-likeness (QED) is 0.755. The summed E-state index contributed by atoms with van der Waals surface area (Å²) in [5, 5.41) is 0. The van der Waals surface area contributed by atoms with Gasteiger partial charge in [0.15, 0.2) is 0 Å². The normalized spacial score (nSPS) is 18.2. The minimum absolute atomic E-state index is 0.143. The van der Waals surface area contributed by atoms with E-state index in [1.807, 2.05) is 24.0 Å². The molecule has 4 heteroatoms. The van der Waals surface area contributed by atoms with Crippen molar-refractivity contribution in [1.82, 2.24) is 4.90 Å². The largest absolute Gasteiger partial charge is 0.381 e. The predicted molar refractivity (Wildman–Crippen MR) is 80.6 cm³/mol. The molecule has 2 rings (SSSR count). The summed E-state index contributed by atoms with van der Waals surface area (Å²) >= 11 is 0. The van der Waals surface area contributed by atoms with E-state index in [4.69, 9.17) is 4.74 Å². The van der Waals surface area contributed by atoms with Crippen molar-refractivity contribution in [2.75, 3.05) is 26.3 Å². The Morgan fingerprint density at radius 2 is 2.29 bits per heavy atom. The van der Waals surface area contributed by atoms with E-state index in [9.17, 15) is 9.18 Å². The number of benzene rings is 1. The first-order chi connectivity index (χ1) is 10.1. The third kappa shape index (κ3) is 4.53. The van der Waals surface area contributed by atoms with Crippen LogP contribution in [0.3, 0.4) is 0 Å². The zero-order valence-electron chi connectivity index (χ0n) is 12.9. The number of likely N-dealkylation sites (tertiary alicyclic amines) is 1. The number of nitrogens with zero attached hydrogens (tertiary/aromatic N) is 1. The van der Waals surface area contributed by atoms with Crippen LogP contribution in [0.2, 0.25) is 0 Å². The van der Waals surface area contributed by atoms with E-state index < -0.39 is 0 Å². The molecule has 21 heavy (non-hydrogen) atoms. The minimum atomic E-state index is -0.143. The molecule has 1 aromatic rings. The number of amides is 1. The maximum atomic E-state index is 13.6. The van der Waals surface area contributed by atoms with Crippen LogP contribution in [-0.2, 0) is 16.0 Å². The van der Waals surface area contributed by atoms with Crippen LogP contribution < -0.4 is 0 Å². The van der Waals surface area contributed by atoms with Crippen LogP contribution in [0.25, 0.3) is 0 Å². The Kier molecular flexibility index (Phi) is 5.74. The van der Waals surface area contributed by atoms with Gasteiger partial charge < -0.3 is 9.64 Å². The fraction of sp³-hybridized carbons (Fsp3) is 0.588. The van der Waals surface area contributed by atoms with Gasteiger partial charge in [0.2, 0.25) is 5.91 Å². The number of rotatable bonds is 6. The Morgan fingerprint density at radius 1 is 1.48 bits per heavy atom. The summed E-state index contributed by atoms with van der Waals surface area (Å²) in [4.78, 5) is 13.9. The number of aryl methyl sites for hydroxylation is 1. The molecule has 1 aliphatic heterocycles. The van der Waals surface area contributed by atoms with E-state index >= 15 is 0 Å². The van der Waals surface area contributed by atoms with Gasteiger partial charge in [-0.25, -0.2) is 4.39 Å². The molecule has 1 unspecified atom stereocenters. The van der Waals surface area contributed by atoms with Crippen molar-refractivity contribution < 1.29 is 13.9 Å². The fourth-order valence-electron chi connectivity index (χ4n) is 2.78. The van der Waals surface area contributed by atoms with Gasteiger partial charge in [0, 0.05) is 19.7 Å². The van der Waals surface area contributed by atoms with Crippen LogP contribution in [-0.4, -0.2) is 37.1 Å². The Balaban J connectivity index is 1.82. The van der Waals surface area contributed by atoms with Gasteiger partial charge in [-0.05, 0) is 49.8 Å². The highest BCUT2D eigenvalue weighted by Gasteiger charge is 2.26. The molecule has 0 spiro atoms. The summed E-state index contributed by atoms with van der Waals surface area (Å²) in [6, 6.07) is 5.43. The van der Waals surface area contributed by atoms with Gasteiger partial charge in [0.1, 0.15) is 5.82 Å². The average Bonchev–Trinajstić information content (AvgIpc) is 2.92. The number of carbonyl (C=O) groups excluding carboxylic acids is 1. The first-order valence-electron chi connectivity index (χ1n) is 7.70. The third-order valence-electron chi connectivity index (χ3n) is 4.06. The van der Waals surface area contributed by atoms with Gasteiger partial charge >= 0.3 is 0 Å². The molecule has 1 atom stereocenters. The van der Waals surface area contributed by atoms with Gasteiger partial charge in [-0.1, -0.05) is 12.1 Å². The highest BCUT2D eigenvalue weighted by Crippen LogP contribution is 2.22. The van der Waals surface area contributed by atoms with Gasteiger partial charge in [-0.3, -0.25) is 4.79 Å². The number of halogens is 1. The Bertz CT molecular complexity index is 490. The van der Waals surface area contributed by atoms with Crippen LogP contribution in [0.15, 0.2) is 18.2 Å². The van der Waals surface area contributed by atoms with Crippen LogP contribution in [0.4, 0.5) is 4.39 Å². The van der Waals surface area contributed by atoms with Gasteiger partial charge in [0.25, 0.3) is 0 Å². The van der Waals surface area contributed by atoms with Gasteiger partial charge in [0.05, 0.1) is 13.0 Å². The Morgan fingerprint density at radius 3 is 3.00 bits per heavy atom. The standard InChI is InChI=1S/C17H24FNO2/c1-3-21-9-7-17(20)19-8-6-15(12-19)10-14-5-4-13(2)16(18)11-14/h4-5,11,15H,3,6-10,12H2,1-2H3. The van der Waals surface area contributed by atoms with Crippen molar-refractivity contribution in [2.45, 2.75) is 33.1 Å². The summed E-state index contributed by atoms with van der Waals surface area (Å²) in [5.74, 6) is 0.458. The molecule has 1 aliphatic rings. The number of ether oxygens (including phenoxy) is 1. The summed E-state index contributed by atoms with van der Waals surface area (Å²) in [7, 11) is 0. The lowest BCUT2D eigenvalue weighted by atomic mass is 9.98. The Labute approximate surface area is 126 Å². The van der Waals surface area contributed by atoms with Gasteiger partial charge in [-0.2, -0.15) is 0 Å². The maximum Gasteiger partial charge on any atom is 0.224 e. The van der Waals surface area contributed by atoms with Crippen molar-refractivity contribution in [3.05, 3.63) is 35.1 Å². The highest BCUT2D eigenvalue weighted by molar-refractivity contribution is 5.76. The smallest absolute Gasteiger partial charge is 0.224 e. The number of hydrogen-bond acceptors (Lipinski definition) is 2. The van der Waals surface area contributed by atoms with Crippen molar-refractivity contribution in [3.8, 4) is 0 Å². The fourth-order valence-corrected chi connectivity index (χ4v) is 2.78. The number of hydrogen-bond donors (Lipinski definition) is 0. The molecule has 1 fully saturated rings. The second kappa shape index (κ2) is 7.55. The van der Waals surface area contributed by atoms with Crippen LogP contribution in [0.1, 0.15) is 30.9 Å². The summed E-state index contributed by atoms with van der Waals surface area (Å²) in [5.41, 5.74) is 1.70. The molecule has 1 aromatic carbocycles. The lowest BCUT2D eigenvalue weighted by molar-refractivity contribution is -0.131. The van der Waals surface area contributed by atoms with E-state index in [1.54, 1.807) is 13.0 Å². The van der Waals surface area contributed by atoms with Crippen molar-refractivity contribution in [2.24, 2.45) is 5.92 Å². The van der Waals surface area contributed by atoms with E-state index in [1.165, 1.54) is 0 Å². The molecule has 116 valence electrons. The van der Waals surface area contributed by atoms with Crippen molar-refractivity contribution in [3.63, 3.8) is 0 Å². The van der Waals surface area contributed by atoms with Crippen LogP contribution >= 0.6 is 0 Å². The second-order valence-electron chi connectivity index (χ2n) is 5.73. The zero-order chi connectivity index (χ0) is 15.2. The molecule has 1 saturated heterocycles. The van der Waals surface area contributed by atoms with Crippen molar-refractivity contribution >= 4 is 5.91 Å². The maximum absolute atomic E-state index is 13.6. The molecule has 3 nitrogen and oxygen atoms in total. The summed E-state index contributed by atoms with van der Waals surface area (Å²) in [6.45, 7) is 6.43. The minimum Gasteiger partial charge on any atom is -0.381 e. The first kappa shape index (κ1) is 16.0. The molecule has 0 radical (unpaired) electrons. The summed E-state index contributed by atoms with van der Waals surface area (Å²) < 4.78 is 18.8. The highest BCUT2D eigenvalue weighted by atomic mass is 19.1. The van der Waals surface area contributed by atoms with Crippen LogP contribution in [0, 0.1) is 18.7 Å². The van der Waals surface area contributed by atoms with E-state index in [0.717, 1.165) is 31.5 Å². The number of carbonyl (C=O) groups is 1.